The molecule has 1 aliphatic rings. The summed E-state index contributed by atoms with van der Waals surface area (Å²) in [4.78, 5) is 25.2. The Kier molecular flexibility index (Phi) is 4.35. The minimum atomic E-state index is -0.758. The third-order valence-corrected chi connectivity index (χ3v) is 3.58. The van der Waals surface area contributed by atoms with Crippen LogP contribution in [0.4, 0.5) is 20.2 Å². The molecule has 3 rings (SSSR count). The topological polar surface area (TPSA) is 58.6 Å². The third-order valence-electron chi connectivity index (χ3n) is 3.34. The Morgan fingerprint density at radius 2 is 2.04 bits per heavy atom. The highest BCUT2D eigenvalue weighted by Gasteiger charge is 2.26. The van der Waals surface area contributed by atoms with Gasteiger partial charge in [0.2, 0.25) is 5.91 Å². The first-order valence-corrected chi connectivity index (χ1v) is 7.30. The van der Waals surface area contributed by atoms with Crippen LogP contribution in [-0.2, 0) is 9.59 Å². The second-order valence-electron chi connectivity index (χ2n) is 5.11. The molecule has 0 fully saturated rings. The van der Waals surface area contributed by atoms with Crippen LogP contribution in [0.2, 0.25) is 5.02 Å². The van der Waals surface area contributed by atoms with Crippen molar-refractivity contribution in [2.75, 3.05) is 23.3 Å². The molecular formula is C16H11ClF2N2O3. The van der Waals surface area contributed by atoms with Gasteiger partial charge in [0.05, 0.1) is 17.9 Å². The van der Waals surface area contributed by atoms with Crippen LogP contribution in [0.5, 0.6) is 5.75 Å². The van der Waals surface area contributed by atoms with Gasteiger partial charge in [0.15, 0.2) is 5.75 Å². The molecule has 24 heavy (non-hydrogen) atoms. The monoisotopic (exact) mass is 352 g/mol. The van der Waals surface area contributed by atoms with Crippen LogP contribution >= 0.6 is 11.6 Å². The molecule has 2 aromatic carbocycles. The van der Waals surface area contributed by atoms with Gasteiger partial charge in [-0.3, -0.25) is 4.79 Å². The average Bonchev–Trinajstić information content (AvgIpc) is 2.51. The molecule has 0 saturated heterocycles. The van der Waals surface area contributed by atoms with Gasteiger partial charge in [-0.1, -0.05) is 11.6 Å². The summed E-state index contributed by atoms with van der Waals surface area (Å²) in [5, 5.41) is 2.69. The van der Waals surface area contributed by atoms with Gasteiger partial charge in [-0.15, -0.1) is 0 Å². The Morgan fingerprint density at radius 3 is 2.83 bits per heavy atom. The fourth-order valence-electron chi connectivity index (χ4n) is 2.32. The van der Waals surface area contributed by atoms with Gasteiger partial charge >= 0.3 is 5.97 Å². The van der Waals surface area contributed by atoms with E-state index in [1.165, 1.54) is 11.0 Å². The van der Waals surface area contributed by atoms with E-state index in [1.807, 2.05) is 0 Å². The van der Waals surface area contributed by atoms with E-state index in [4.69, 9.17) is 16.3 Å². The lowest BCUT2D eigenvalue weighted by atomic mass is 10.2. The number of ether oxygens (including phenoxy) is 1. The fraction of sp³-hybridized carbons (Fsp3) is 0.125. The molecule has 1 amide bonds. The van der Waals surface area contributed by atoms with Gasteiger partial charge < -0.3 is 15.0 Å². The molecule has 5 nitrogen and oxygen atoms in total. The molecule has 0 unspecified atom stereocenters. The summed E-state index contributed by atoms with van der Waals surface area (Å²) in [6.45, 7) is -0.412. The molecular weight excluding hydrogens is 342 g/mol. The number of anilines is 2. The Bertz CT molecular complexity index is 829. The highest BCUT2D eigenvalue weighted by molar-refractivity contribution is 6.31. The lowest BCUT2D eigenvalue weighted by Crippen LogP contribution is -2.41. The summed E-state index contributed by atoms with van der Waals surface area (Å²) in [5.41, 5.74) is 0.197. The molecule has 0 bridgehead atoms. The van der Waals surface area contributed by atoms with Crippen molar-refractivity contribution in [3.05, 3.63) is 53.1 Å². The van der Waals surface area contributed by atoms with E-state index in [9.17, 15) is 18.4 Å². The molecule has 2 aromatic rings. The van der Waals surface area contributed by atoms with E-state index < -0.39 is 23.5 Å². The van der Waals surface area contributed by atoms with E-state index in [0.717, 1.165) is 18.2 Å². The van der Waals surface area contributed by atoms with Crippen molar-refractivity contribution in [1.29, 1.82) is 0 Å². The maximum atomic E-state index is 13.6. The number of nitrogens with one attached hydrogen (secondary N) is 1. The maximum Gasteiger partial charge on any atom is 0.331 e. The number of hydrogen-bond donors (Lipinski definition) is 1. The first kappa shape index (κ1) is 16.2. The maximum absolute atomic E-state index is 13.6. The van der Waals surface area contributed by atoms with E-state index in [-0.39, 0.29) is 24.5 Å². The minimum Gasteiger partial charge on any atom is -0.423 e. The van der Waals surface area contributed by atoms with Gasteiger partial charge in [-0.05, 0) is 30.3 Å². The number of fused-ring (bicyclic) bond motifs is 1. The number of rotatable bonds is 3. The molecule has 0 radical (unpaired) electrons. The molecule has 0 atom stereocenters. The molecule has 0 aromatic heterocycles. The molecule has 124 valence electrons. The average molecular weight is 353 g/mol. The van der Waals surface area contributed by atoms with E-state index in [0.29, 0.717) is 10.7 Å². The SMILES string of the molecule is O=C(CN1CC(=O)Oc2ccc(Cl)cc21)Nc1cc(F)ccc1F. The van der Waals surface area contributed by atoms with E-state index in [2.05, 4.69) is 5.32 Å². The Balaban J connectivity index is 1.78. The van der Waals surface area contributed by atoms with Crippen molar-refractivity contribution >= 4 is 34.9 Å². The van der Waals surface area contributed by atoms with Crippen LogP contribution in [0.25, 0.3) is 0 Å². The molecule has 0 saturated carbocycles. The summed E-state index contributed by atoms with van der Waals surface area (Å²) in [6.07, 6.45) is 0. The zero-order chi connectivity index (χ0) is 17.3. The van der Waals surface area contributed by atoms with Gasteiger partial charge in [0.25, 0.3) is 0 Å². The summed E-state index contributed by atoms with van der Waals surface area (Å²) in [6, 6.07) is 7.37. The second kappa shape index (κ2) is 6.45. The minimum absolute atomic E-state index is 0.160. The van der Waals surface area contributed by atoms with Crippen molar-refractivity contribution < 1.29 is 23.1 Å². The lowest BCUT2D eigenvalue weighted by Gasteiger charge is -2.29. The quantitative estimate of drug-likeness (QED) is 0.681. The number of nitrogens with zero attached hydrogens (tertiary/aromatic N) is 1. The standard InChI is InChI=1S/C16H11ClF2N2O3/c17-9-1-4-14-13(5-9)21(8-16(23)24-14)7-15(22)20-12-6-10(18)2-3-11(12)19/h1-6H,7-8H2,(H,20,22). The van der Waals surface area contributed by atoms with Crippen molar-refractivity contribution in [1.82, 2.24) is 0 Å². The molecule has 1 aliphatic heterocycles. The van der Waals surface area contributed by atoms with Crippen molar-refractivity contribution in [2.45, 2.75) is 0 Å². The molecule has 8 heteroatoms. The van der Waals surface area contributed by atoms with Crippen LogP contribution < -0.4 is 15.0 Å². The zero-order valence-electron chi connectivity index (χ0n) is 12.2. The normalized spacial score (nSPS) is 13.3. The predicted molar refractivity (Wildman–Crippen MR) is 84.3 cm³/mol. The summed E-state index contributed by atoms with van der Waals surface area (Å²) < 4.78 is 31.8. The Hall–Kier alpha value is -2.67. The van der Waals surface area contributed by atoms with Gasteiger partial charge in [-0.25, -0.2) is 13.6 Å². The van der Waals surface area contributed by atoms with Crippen LogP contribution in [-0.4, -0.2) is 25.0 Å². The molecule has 0 spiro atoms. The largest absolute Gasteiger partial charge is 0.423 e. The lowest BCUT2D eigenvalue weighted by molar-refractivity contribution is -0.133. The van der Waals surface area contributed by atoms with Crippen molar-refractivity contribution in [3.8, 4) is 5.75 Å². The summed E-state index contributed by atoms with van der Waals surface area (Å²) in [7, 11) is 0. The van der Waals surface area contributed by atoms with Crippen LogP contribution in [0.1, 0.15) is 0 Å². The number of esters is 1. The van der Waals surface area contributed by atoms with Crippen LogP contribution in [0, 0.1) is 11.6 Å². The zero-order valence-corrected chi connectivity index (χ0v) is 12.9. The van der Waals surface area contributed by atoms with E-state index in [1.54, 1.807) is 12.1 Å². The van der Waals surface area contributed by atoms with Crippen molar-refractivity contribution in [2.24, 2.45) is 0 Å². The Labute approximate surface area is 140 Å². The molecule has 0 aliphatic carbocycles. The summed E-state index contributed by atoms with van der Waals surface area (Å²) >= 11 is 5.92. The Morgan fingerprint density at radius 1 is 1.25 bits per heavy atom. The summed E-state index contributed by atoms with van der Waals surface area (Å²) in [5.74, 6) is -2.30. The third kappa shape index (κ3) is 3.46. The van der Waals surface area contributed by atoms with Crippen LogP contribution in [0.15, 0.2) is 36.4 Å². The number of hydrogen-bond acceptors (Lipinski definition) is 4. The number of halogens is 3. The highest BCUT2D eigenvalue weighted by atomic mass is 35.5. The fourth-order valence-corrected chi connectivity index (χ4v) is 2.48. The van der Waals surface area contributed by atoms with Crippen LogP contribution in [0.3, 0.4) is 0 Å². The number of benzene rings is 2. The van der Waals surface area contributed by atoms with E-state index >= 15 is 0 Å². The number of carbonyl (C=O) groups is 2. The highest BCUT2D eigenvalue weighted by Crippen LogP contribution is 2.34. The first-order valence-electron chi connectivity index (χ1n) is 6.92. The van der Waals surface area contributed by atoms with Gasteiger partial charge in [0.1, 0.15) is 18.2 Å². The number of carbonyl (C=O) groups excluding carboxylic acids is 2. The molecule has 1 N–H and O–H groups in total. The van der Waals surface area contributed by atoms with Gasteiger partial charge in [-0.2, -0.15) is 0 Å². The van der Waals surface area contributed by atoms with Crippen molar-refractivity contribution in [3.63, 3.8) is 0 Å². The first-order chi connectivity index (χ1) is 11.4. The predicted octanol–water partition coefficient (Wildman–Crippen LogP) is 2.98. The molecule has 1 heterocycles. The smallest absolute Gasteiger partial charge is 0.331 e. The second-order valence-corrected chi connectivity index (χ2v) is 5.55. The van der Waals surface area contributed by atoms with Gasteiger partial charge in [0, 0.05) is 11.1 Å². The number of amides is 1.